The fourth-order valence-corrected chi connectivity index (χ4v) is 5.30. The monoisotopic (exact) mass is 508 g/mol. The van der Waals surface area contributed by atoms with Crippen LogP contribution < -0.4 is 10.5 Å². The SMILES string of the molecule is Nc1ncc(OCc2ccc(F)cc2Cl)cc1-c1ccc(C(=O)N2CCC[C@H]2CN2CCCC2)cc1. The second-order valence-electron chi connectivity index (χ2n) is 9.51. The summed E-state index contributed by atoms with van der Waals surface area (Å²) in [4.78, 5) is 22.1. The number of likely N-dealkylation sites (tertiary alicyclic amines) is 2. The Labute approximate surface area is 215 Å². The van der Waals surface area contributed by atoms with Crippen LogP contribution in [0.5, 0.6) is 5.75 Å². The van der Waals surface area contributed by atoms with Gasteiger partial charge in [0, 0.05) is 35.8 Å². The Morgan fingerprint density at radius 3 is 2.61 bits per heavy atom. The number of nitrogens with zero attached hydrogens (tertiary/aromatic N) is 3. The van der Waals surface area contributed by atoms with Gasteiger partial charge in [-0.1, -0.05) is 29.8 Å². The molecule has 1 amide bonds. The van der Waals surface area contributed by atoms with Crippen molar-refractivity contribution in [3.63, 3.8) is 0 Å². The summed E-state index contributed by atoms with van der Waals surface area (Å²) in [5.41, 5.74) is 9.06. The maximum Gasteiger partial charge on any atom is 0.254 e. The molecule has 0 radical (unpaired) electrons. The van der Waals surface area contributed by atoms with Crippen molar-refractivity contribution in [2.45, 2.75) is 38.3 Å². The highest BCUT2D eigenvalue weighted by Crippen LogP contribution is 2.30. The minimum absolute atomic E-state index is 0.0857. The van der Waals surface area contributed by atoms with Gasteiger partial charge in [-0.15, -0.1) is 0 Å². The van der Waals surface area contributed by atoms with Crippen molar-refractivity contribution in [2.24, 2.45) is 0 Å². The summed E-state index contributed by atoms with van der Waals surface area (Å²) in [6.07, 6.45) is 6.18. The van der Waals surface area contributed by atoms with Gasteiger partial charge in [-0.3, -0.25) is 4.79 Å². The number of hydrogen-bond donors (Lipinski definition) is 1. The topological polar surface area (TPSA) is 71.7 Å². The van der Waals surface area contributed by atoms with E-state index in [0.717, 1.165) is 44.6 Å². The van der Waals surface area contributed by atoms with Crippen LogP contribution in [-0.2, 0) is 6.61 Å². The molecule has 36 heavy (non-hydrogen) atoms. The fraction of sp³-hybridized carbons (Fsp3) is 0.357. The van der Waals surface area contributed by atoms with Crippen LogP contribution in [0, 0.1) is 5.82 Å². The first kappa shape index (κ1) is 24.5. The number of benzene rings is 2. The molecular weight excluding hydrogens is 479 g/mol. The lowest BCUT2D eigenvalue weighted by Gasteiger charge is -2.28. The molecule has 0 aliphatic carbocycles. The molecule has 0 spiro atoms. The number of aromatic nitrogens is 1. The highest BCUT2D eigenvalue weighted by atomic mass is 35.5. The van der Waals surface area contributed by atoms with Gasteiger partial charge < -0.3 is 20.3 Å². The molecule has 3 heterocycles. The summed E-state index contributed by atoms with van der Waals surface area (Å²) < 4.78 is 19.1. The number of halogens is 2. The summed E-state index contributed by atoms with van der Waals surface area (Å²) >= 11 is 6.10. The Morgan fingerprint density at radius 2 is 1.86 bits per heavy atom. The van der Waals surface area contributed by atoms with Crippen molar-refractivity contribution in [3.05, 3.63) is 76.7 Å². The second-order valence-corrected chi connectivity index (χ2v) is 9.92. The molecule has 6 nitrogen and oxygen atoms in total. The van der Waals surface area contributed by atoms with Crippen LogP contribution in [-0.4, -0.2) is 52.9 Å². The Morgan fingerprint density at radius 1 is 1.08 bits per heavy atom. The summed E-state index contributed by atoms with van der Waals surface area (Å²) in [5, 5.41) is 0.305. The molecular formula is C28H30ClFN4O2. The smallest absolute Gasteiger partial charge is 0.254 e. The number of nitrogens with two attached hydrogens (primary N) is 1. The van der Waals surface area contributed by atoms with Crippen molar-refractivity contribution >= 4 is 23.3 Å². The van der Waals surface area contributed by atoms with Crippen molar-refractivity contribution in [3.8, 4) is 16.9 Å². The third-order valence-corrected chi connectivity index (χ3v) is 7.40. The van der Waals surface area contributed by atoms with E-state index in [9.17, 15) is 9.18 Å². The van der Waals surface area contributed by atoms with Gasteiger partial charge in [-0.25, -0.2) is 9.37 Å². The lowest BCUT2D eigenvalue weighted by Crippen LogP contribution is -2.42. The Bertz CT molecular complexity index is 1230. The van der Waals surface area contributed by atoms with Crippen LogP contribution in [0.3, 0.4) is 0 Å². The second kappa shape index (κ2) is 10.8. The fourth-order valence-electron chi connectivity index (χ4n) is 5.08. The molecule has 0 bridgehead atoms. The zero-order chi connectivity index (χ0) is 25.1. The van der Waals surface area contributed by atoms with Gasteiger partial charge in [0.05, 0.1) is 11.2 Å². The van der Waals surface area contributed by atoms with Crippen LogP contribution in [0.1, 0.15) is 41.6 Å². The van der Waals surface area contributed by atoms with Crippen LogP contribution in [0.15, 0.2) is 54.7 Å². The van der Waals surface area contributed by atoms with Gasteiger partial charge in [0.15, 0.2) is 0 Å². The summed E-state index contributed by atoms with van der Waals surface area (Å²) in [6, 6.07) is 13.8. The molecule has 5 rings (SSSR count). The van der Waals surface area contributed by atoms with E-state index in [-0.39, 0.29) is 12.5 Å². The maximum absolute atomic E-state index is 13.3. The van der Waals surface area contributed by atoms with E-state index in [2.05, 4.69) is 9.88 Å². The molecule has 8 heteroatoms. The number of rotatable bonds is 7. The van der Waals surface area contributed by atoms with E-state index in [4.69, 9.17) is 22.1 Å². The minimum atomic E-state index is -0.394. The quantitative estimate of drug-likeness (QED) is 0.462. The molecule has 2 N–H and O–H groups in total. The maximum atomic E-state index is 13.3. The van der Waals surface area contributed by atoms with Gasteiger partial charge in [0.2, 0.25) is 0 Å². The van der Waals surface area contributed by atoms with E-state index in [1.54, 1.807) is 12.3 Å². The van der Waals surface area contributed by atoms with Crippen LogP contribution >= 0.6 is 11.6 Å². The zero-order valence-electron chi connectivity index (χ0n) is 20.1. The molecule has 1 aromatic heterocycles. The largest absolute Gasteiger partial charge is 0.487 e. The van der Waals surface area contributed by atoms with Crippen molar-refractivity contribution < 1.29 is 13.9 Å². The summed E-state index contributed by atoms with van der Waals surface area (Å²) in [5.74, 6) is 0.574. The summed E-state index contributed by atoms with van der Waals surface area (Å²) in [6.45, 7) is 4.24. The van der Waals surface area contributed by atoms with E-state index in [1.807, 2.05) is 35.2 Å². The van der Waals surface area contributed by atoms with E-state index in [0.29, 0.717) is 39.3 Å². The third-order valence-electron chi connectivity index (χ3n) is 7.05. The number of amides is 1. The van der Waals surface area contributed by atoms with Gasteiger partial charge >= 0.3 is 0 Å². The number of carbonyl (C=O) groups excluding carboxylic acids is 1. The molecule has 0 saturated carbocycles. The minimum Gasteiger partial charge on any atom is -0.487 e. The number of hydrogen-bond acceptors (Lipinski definition) is 5. The zero-order valence-corrected chi connectivity index (χ0v) is 20.9. The first-order chi connectivity index (χ1) is 17.5. The first-order valence-corrected chi connectivity index (χ1v) is 12.8. The first-order valence-electron chi connectivity index (χ1n) is 12.4. The number of ether oxygens (including phenoxy) is 1. The van der Waals surface area contributed by atoms with E-state index < -0.39 is 5.82 Å². The predicted molar refractivity (Wildman–Crippen MR) is 140 cm³/mol. The number of anilines is 1. The molecule has 1 atom stereocenters. The standard InChI is InChI=1S/C28H30ClFN4O2/c29-26-14-22(30)10-9-21(26)18-36-24-15-25(27(31)32-16-24)19-5-7-20(8-6-19)28(35)34-13-3-4-23(34)17-33-11-1-2-12-33/h5-10,14-16,23H,1-4,11-13,17-18H2,(H2,31,32)/t23-/m0/s1. The number of nitrogen functional groups attached to an aromatic ring is 1. The highest BCUT2D eigenvalue weighted by Gasteiger charge is 2.31. The van der Waals surface area contributed by atoms with Crippen molar-refractivity contribution in [2.75, 3.05) is 31.9 Å². The Kier molecular flexibility index (Phi) is 7.39. The molecule has 2 saturated heterocycles. The lowest BCUT2D eigenvalue weighted by atomic mass is 10.0. The van der Waals surface area contributed by atoms with Gasteiger partial charge in [-0.05, 0) is 74.7 Å². The van der Waals surface area contributed by atoms with Gasteiger partial charge in [0.1, 0.15) is 24.0 Å². The number of pyridine rings is 1. The average Bonchev–Trinajstić information content (AvgIpc) is 3.57. The van der Waals surface area contributed by atoms with E-state index >= 15 is 0 Å². The Balaban J connectivity index is 1.27. The average molecular weight is 509 g/mol. The molecule has 188 valence electrons. The molecule has 2 aromatic carbocycles. The van der Waals surface area contributed by atoms with Crippen LogP contribution in [0.2, 0.25) is 5.02 Å². The predicted octanol–water partition coefficient (Wildman–Crippen LogP) is 5.40. The van der Waals surface area contributed by atoms with E-state index in [1.165, 1.54) is 25.0 Å². The highest BCUT2D eigenvalue weighted by molar-refractivity contribution is 6.31. The molecule has 2 aliphatic rings. The third kappa shape index (κ3) is 5.47. The molecule has 2 aliphatic heterocycles. The van der Waals surface area contributed by atoms with Crippen LogP contribution in [0.4, 0.5) is 10.2 Å². The lowest BCUT2D eigenvalue weighted by molar-refractivity contribution is 0.0709. The summed E-state index contributed by atoms with van der Waals surface area (Å²) in [7, 11) is 0. The Hall–Kier alpha value is -3.16. The number of carbonyl (C=O) groups is 1. The normalized spacial score (nSPS) is 18.1. The molecule has 3 aromatic rings. The molecule has 0 unspecified atom stereocenters. The molecule has 2 fully saturated rings. The van der Waals surface area contributed by atoms with Gasteiger partial charge in [0.25, 0.3) is 5.91 Å². The van der Waals surface area contributed by atoms with Crippen molar-refractivity contribution in [1.29, 1.82) is 0 Å². The van der Waals surface area contributed by atoms with Gasteiger partial charge in [-0.2, -0.15) is 0 Å². The van der Waals surface area contributed by atoms with Crippen LogP contribution in [0.25, 0.3) is 11.1 Å². The van der Waals surface area contributed by atoms with Crippen molar-refractivity contribution in [1.82, 2.24) is 14.8 Å².